The van der Waals surface area contributed by atoms with E-state index in [1.165, 1.54) is 18.2 Å². The maximum atomic E-state index is 13.2. The quantitative estimate of drug-likeness (QED) is 0.583. The molecule has 3 aromatic rings. The predicted molar refractivity (Wildman–Crippen MR) is 124 cm³/mol. The summed E-state index contributed by atoms with van der Waals surface area (Å²) in [6.45, 7) is 2.82. The summed E-state index contributed by atoms with van der Waals surface area (Å²) < 4.78 is 13.2. The van der Waals surface area contributed by atoms with Crippen molar-refractivity contribution >= 4 is 40.5 Å². The minimum absolute atomic E-state index is 0.0128. The van der Waals surface area contributed by atoms with E-state index in [1.807, 2.05) is 0 Å². The molecule has 0 unspecified atom stereocenters. The molecule has 3 aromatic carbocycles. The molecule has 1 heterocycles. The third-order valence-corrected chi connectivity index (χ3v) is 5.64. The molecule has 1 aliphatic heterocycles. The number of rotatable bonds is 5. The van der Waals surface area contributed by atoms with E-state index in [2.05, 4.69) is 15.1 Å². The van der Waals surface area contributed by atoms with Crippen LogP contribution in [0.25, 0.3) is 0 Å². The van der Waals surface area contributed by atoms with E-state index in [0.29, 0.717) is 23.7 Å². The molecule has 0 radical (unpaired) electrons. The first-order chi connectivity index (χ1) is 15.4. The Hall–Kier alpha value is -3.58. The highest BCUT2D eigenvalue weighted by Crippen LogP contribution is 2.26. The van der Waals surface area contributed by atoms with Crippen LogP contribution < -0.4 is 15.1 Å². The molecule has 6 nitrogen and oxygen atoms in total. The summed E-state index contributed by atoms with van der Waals surface area (Å²) in [5, 5.41) is 12.8. The maximum absolute atomic E-state index is 13.2. The second-order valence-corrected chi connectivity index (χ2v) is 7.89. The van der Waals surface area contributed by atoms with Gasteiger partial charge in [0.25, 0.3) is 5.91 Å². The lowest BCUT2D eigenvalue weighted by atomic mass is 10.1. The number of nitrogens with one attached hydrogen (secondary N) is 1. The van der Waals surface area contributed by atoms with Gasteiger partial charge in [-0.2, -0.15) is 0 Å². The van der Waals surface area contributed by atoms with Crippen LogP contribution in [0.2, 0.25) is 5.02 Å². The van der Waals surface area contributed by atoms with Gasteiger partial charge in [-0.1, -0.05) is 17.7 Å². The summed E-state index contributed by atoms with van der Waals surface area (Å²) in [5.41, 5.74) is 2.29. The Bertz CT molecular complexity index is 1150. The molecule has 164 valence electrons. The highest BCUT2D eigenvalue weighted by Gasteiger charge is 2.21. The number of carbonyl (C=O) groups is 2. The van der Waals surface area contributed by atoms with Crippen LogP contribution in [0, 0.1) is 5.82 Å². The molecule has 1 fully saturated rings. The van der Waals surface area contributed by atoms with Crippen molar-refractivity contribution in [3.05, 3.63) is 88.7 Å². The molecule has 1 aliphatic rings. The number of carboxylic acids is 1. The largest absolute Gasteiger partial charge is 0.478 e. The van der Waals surface area contributed by atoms with Gasteiger partial charge in [-0.25, -0.2) is 9.18 Å². The fourth-order valence-corrected chi connectivity index (χ4v) is 3.90. The van der Waals surface area contributed by atoms with Gasteiger partial charge >= 0.3 is 5.97 Å². The number of benzene rings is 3. The van der Waals surface area contributed by atoms with Crippen molar-refractivity contribution in [3.63, 3.8) is 0 Å². The van der Waals surface area contributed by atoms with E-state index < -0.39 is 11.9 Å². The Labute approximate surface area is 189 Å². The molecule has 0 saturated carbocycles. The first kappa shape index (κ1) is 21.6. The van der Waals surface area contributed by atoms with Crippen molar-refractivity contribution in [1.82, 2.24) is 0 Å². The lowest BCUT2D eigenvalue weighted by Gasteiger charge is -2.37. The molecule has 0 bridgehead atoms. The minimum atomic E-state index is -1.13. The summed E-state index contributed by atoms with van der Waals surface area (Å²) in [4.78, 5) is 28.6. The van der Waals surface area contributed by atoms with Crippen LogP contribution in [0.5, 0.6) is 0 Å². The first-order valence-corrected chi connectivity index (χ1v) is 10.5. The molecule has 0 aliphatic carbocycles. The predicted octanol–water partition coefficient (Wildman–Crippen LogP) is 4.76. The maximum Gasteiger partial charge on any atom is 0.337 e. The Morgan fingerprint density at radius 3 is 2.12 bits per heavy atom. The van der Waals surface area contributed by atoms with Gasteiger partial charge in [0.2, 0.25) is 0 Å². The van der Waals surface area contributed by atoms with Crippen molar-refractivity contribution in [2.24, 2.45) is 0 Å². The third-order valence-electron chi connectivity index (χ3n) is 5.41. The van der Waals surface area contributed by atoms with Crippen LogP contribution in [-0.2, 0) is 0 Å². The number of aromatic carboxylic acids is 1. The van der Waals surface area contributed by atoms with Crippen molar-refractivity contribution < 1.29 is 19.1 Å². The topological polar surface area (TPSA) is 72.9 Å². The summed E-state index contributed by atoms with van der Waals surface area (Å²) in [6.07, 6.45) is 0. The monoisotopic (exact) mass is 453 g/mol. The zero-order valence-corrected chi connectivity index (χ0v) is 17.8. The Balaban J connectivity index is 1.48. The molecular formula is C24H21ClFN3O3. The van der Waals surface area contributed by atoms with E-state index in [0.717, 1.165) is 24.5 Å². The Morgan fingerprint density at radius 1 is 0.875 bits per heavy atom. The summed E-state index contributed by atoms with van der Waals surface area (Å²) >= 11 is 5.94. The second-order valence-electron chi connectivity index (χ2n) is 7.45. The number of nitrogens with zero attached hydrogens (tertiary/aromatic N) is 2. The molecule has 1 saturated heterocycles. The summed E-state index contributed by atoms with van der Waals surface area (Å²) in [6, 6.07) is 17.8. The van der Waals surface area contributed by atoms with Crippen molar-refractivity contribution in [2.75, 3.05) is 41.3 Å². The molecule has 4 rings (SSSR count). The molecular weight excluding hydrogens is 433 g/mol. The average molecular weight is 454 g/mol. The molecule has 1 amide bonds. The number of piperazine rings is 1. The van der Waals surface area contributed by atoms with Crippen LogP contribution in [0.3, 0.4) is 0 Å². The van der Waals surface area contributed by atoms with E-state index in [1.54, 1.807) is 48.5 Å². The minimum Gasteiger partial charge on any atom is -0.478 e. The van der Waals surface area contributed by atoms with Gasteiger partial charge in [-0.3, -0.25) is 4.79 Å². The average Bonchev–Trinajstić information content (AvgIpc) is 2.80. The smallest absolute Gasteiger partial charge is 0.337 e. The molecule has 0 atom stereocenters. The molecule has 8 heteroatoms. The SMILES string of the molecule is O=C(Nc1ccc(N2CCN(c3ccc(F)cc3)CC2)cc1C(=O)O)c1cccc(Cl)c1. The van der Waals surface area contributed by atoms with E-state index >= 15 is 0 Å². The zero-order chi connectivity index (χ0) is 22.7. The van der Waals surface area contributed by atoms with Crippen LogP contribution in [0.15, 0.2) is 66.7 Å². The summed E-state index contributed by atoms with van der Waals surface area (Å²) in [5.74, 6) is -1.83. The van der Waals surface area contributed by atoms with Gasteiger partial charge in [0, 0.05) is 48.1 Å². The lowest BCUT2D eigenvalue weighted by molar-refractivity contribution is 0.0698. The van der Waals surface area contributed by atoms with Gasteiger partial charge in [-0.15, -0.1) is 0 Å². The second kappa shape index (κ2) is 9.28. The number of anilines is 3. The highest BCUT2D eigenvalue weighted by molar-refractivity contribution is 6.31. The number of halogens is 2. The van der Waals surface area contributed by atoms with Crippen molar-refractivity contribution in [1.29, 1.82) is 0 Å². The fraction of sp³-hybridized carbons (Fsp3) is 0.167. The van der Waals surface area contributed by atoms with E-state index in [4.69, 9.17) is 11.6 Å². The van der Waals surface area contributed by atoms with Gasteiger partial charge in [0.15, 0.2) is 0 Å². The standard InChI is InChI=1S/C24H21ClFN3O3/c25-17-3-1-2-16(14-17)23(30)27-22-9-8-20(15-21(22)24(31)32)29-12-10-28(11-13-29)19-6-4-18(26)5-7-19/h1-9,14-15H,10-13H2,(H,27,30)(H,31,32). The fourth-order valence-electron chi connectivity index (χ4n) is 3.71. The molecule has 32 heavy (non-hydrogen) atoms. The van der Waals surface area contributed by atoms with Crippen LogP contribution in [-0.4, -0.2) is 43.2 Å². The molecule has 2 N–H and O–H groups in total. The Morgan fingerprint density at radius 2 is 1.50 bits per heavy atom. The van der Waals surface area contributed by atoms with Crippen LogP contribution in [0.4, 0.5) is 21.5 Å². The van der Waals surface area contributed by atoms with Gasteiger partial charge < -0.3 is 20.2 Å². The van der Waals surface area contributed by atoms with Gasteiger partial charge in [-0.05, 0) is 60.7 Å². The Kier molecular flexibility index (Phi) is 6.28. The number of carbonyl (C=O) groups excluding carboxylic acids is 1. The van der Waals surface area contributed by atoms with Crippen LogP contribution in [0.1, 0.15) is 20.7 Å². The van der Waals surface area contributed by atoms with Gasteiger partial charge in [0.1, 0.15) is 5.82 Å². The van der Waals surface area contributed by atoms with Crippen molar-refractivity contribution in [3.8, 4) is 0 Å². The van der Waals surface area contributed by atoms with Gasteiger partial charge in [0.05, 0.1) is 11.3 Å². The van der Waals surface area contributed by atoms with Crippen molar-refractivity contribution in [2.45, 2.75) is 0 Å². The van der Waals surface area contributed by atoms with Crippen LogP contribution >= 0.6 is 11.6 Å². The van der Waals surface area contributed by atoms with E-state index in [-0.39, 0.29) is 17.1 Å². The zero-order valence-electron chi connectivity index (χ0n) is 17.1. The third kappa shape index (κ3) is 4.84. The number of hydrogen-bond acceptors (Lipinski definition) is 4. The highest BCUT2D eigenvalue weighted by atomic mass is 35.5. The number of carboxylic acid groups (broad SMARTS) is 1. The summed E-state index contributed by atoms with van der Waals surface area (Å²) in [7, 11) is 0. The lowest BCUT2D eigenvalue weighted by Crippen LogP contribution is -2.46. The first-order valence-electron chi connectivity index (χ1n) is 10.1. The normalized spacial score (nSPS) is 13.7. The molecule has 0 aromatic heterocycles. The van der Waals surface area contributed by atoms with E-state index in [9.17, 15) is 19.1 Å². The number of amides is 1. The molecule has 0 spiro atoms. The number of hydrogen-bond donors (Lipinski definition) is 2.